The molecule has 0 aliphatic carbocycles. The third-order valence-electron chi connectivity index (χ3n) is 4.75. The van der Waals surface area contributed by atoms with Crippen molar-refractivity contribution in [3.8, 4) is 11.1 Å². The number of aryl methyl sites for hydroxylation is 2. The van der Waals surface area contributed by atoms with Gasteiger partial charge in [-0.1, -0.05) is 41.1 Å². The van der Waals surface area contributed by atoms with Crippen molar-refractivity contribution >= 4 is 55.0 Å². The molecular formula is C22H18BrN3O2S. The molecule has 0 aliphatic rings. The van der Waals surface area contributed by atoms with Gasteiger partial charge in [0, 0.05) is 20.6 Å². The highest BCUT2D eigenvalue weighted by molar-refractivity contribution is 9.10. The van der Waals surface area contributed by atoms with Gasteiger partial charge < -0.3 is 10.4 Å². The predicted octanol–water partition coefficient (Wildman–Crippen LogP) is 6.43. The van der Waals surface area contributed by atoms with Gasteiger partial charge in [-0.25, -0.2) is 14.8 Å². The summed E-state index contributed by atoms with van der Waals surface area (Å²) in [4.78, 5) is 22.5. The number of carbonyl (C=O) groups is 1. The Balaban J connectivity index is 1.90. The highest BCUT2D eigenvalue weighted by atomic mass is 79.9. The molecule has 2 aromatic heterocycles. The number of halogens is 1. The molecule has 7 heteroatoms. The van der Waals surface area contributed by atoms with Crippen LogP contribution in [0.3, 0.4) is 0 Å². The highest BCUT2D eigenvalue weighted by Crippen LogP contribution is 2.42. The number of anilines is 2. The standard InChI is InChI=1S/C22H18BrN3O2S/c1-3-17-18(13-6-8-15(23)9-7-13)19-20(24-11-25-21(19)29-17)26-16-10-14(22(27)28)5-4-12(16)2/h4-11H,3H2,1-2H3,(H,27,28)(H,24,25,26). The molecule has 0 amide bonds. The van der Waals surface area contributed by atoms with Gasteiger partial charge in [-0.15, -0.1) is 11.3 Å². The van der Waals surface area contributed by atoms with Gasteiger partial charge in [0.25, 0.3) is 0 Å². The molecule has 0 bridgehead atoms. The quantitative estimate of drug-likeness (QED) is 0.353. The Morgan fingerprint density at radius 2 is 1.93 bits per heavy atom. The van der Waals surface area contributed by atoms with Crippen molar-refractivity contribution in [2.75, 3.05) is 5.32 Å². The number of benzene rings is 2. The van der Waals surface area contributed by atoms with Gasteiger partial charge in [0.1, 0.15) is 17.0 Å². The Bertz CT molecular complexity index is 1220. The number of nitrogens with zero attached hydrogens (tertiary/aromatic N) is 2. The summed E-state index contributed by atoms with van der Waals surface area (Å²) in [5.74, 6) is -0.283. The maximum Gasteiger partial charge on any atom is 0.335 e. The average Bonchev–Trinajstić information content (AvgIpc) is 3.09. The van der Waals surface area contributed by atoms with Gasteiger partial charge in [-0.3, -0.25) is 0 Å². The first-order valence-electron chi connectivity index (χ1n) is 9.11. The first-order chi connectivity index (χ1) is 14.0. The number of hydrogen-bond donors (Lipinski definition) is 2. The molecule has 4 aromatic rings. The summed E-state index contributed by atoms with van der Waals surface area (Å²) in [5.41, 5.74) is 4.12. The van der Waals surface area contributed by atoms with Crippen molar-refractivity contribution in [2.24, 2.45) is 0 Å². The summed E-state index contributed by atoms with van der Waals surface area (Å²) in [7, 11) is 0. The van der Waals surface area contributed by atoms with E-state index in [1.807, 2.05) is 19.1 Å². The fourth-order valence-electron chi connectivity index (χ4n) is 3.26. The number of carboxylic acid groups (broad SMARTS) is 1. The lowest BCUT2D eigenvalue weighted by atomic mass is 10.0. The number of rotatable bonds is 5. The molecule has 0 radical (unpaired) electrons. The summed E-state index contributed by atoms with van der Waals surface area (Å²) in [6.45, 7) is 4.07. The Morgan fingerprint density at radius 3 is 2.62 bits per heavy atom. The van der Waals surface area contributed by atoms with Crippen molar-refractivity contribution in [3.63, 3.8) is 0 Å². The Kier molecular flexibility index (Phi) is 5.34. The van der Waals surface area contributed by atoms with Crippen molar-refractivity contribution in [1.82, 2.24) is 9.97 Å². The van der Waals surface area contributed by atoms with E-state index in [0.717, 1.165) is 43.5 Å². The van der Waals surface area contributed by atoms with E-state index in [4.69, 9.17) is 0 Å². The zero-order chi connectivity index (χ0) is 20.5. The minimum atomic E-state index is -0.958. The van der Waals surface area contributed by atoms with Gasteiger partial charge in [0.05, 0.1) is 10.9 Å². The first-order valence-corrected chi connectivity index (χ1v) is 10.7. The predicted molar refractivity (Wildman–Crippen MR) is 121 cm³/mol. The van der Waals surface area contributed by atoms with E-state index in [-0.39, 0.29) is 5.56 Å². The zero-order valence-electron chi connectivity index (χ0n) is 15.9. The lowest BCUT2D eigenvalue weighted by Gasteiger charge is -2.12. The average molecular weight is 468 g/mol. The summed E-state index contributed by atoms with van der Waals surface area (Å²) in [6, 6.07) is 13.2. The van der Waals surface area contributed by atoms with Crippen molar-refractivity contribution < 1.29 is 9.90 Å². The minimum absolute atomic E-state index is 0.232. The summed E-state index contributed by atoms with van der Waals surface area (Å²) in [6.07, 6.45) is 2.43. The molecule has 4 rings (SSSR count). The SMILES string of the molecule is CCc1sc2ncnc(Nc3cc(C(=O)O)ccc3C)c2c1-c1ccc(Br)cc1. The van der Waals surface area contributed by atoms with Crippen LogP contribution in [0, 0.1) is 6.92 Å². The Hall–Kier alpha value is -2.77. The van der Waals surface area contributed by atoms with E-state index in [9.17, 15) is 9.90 Å². The van der Waals surface area contributed by atoms with Crippen LogP contribution in [0.15, 0.2) is 53.3 Å². The van der Waals surface area contributed by atoms with Crippen molar-refractivity contribution in [3.05, 3.63) is 69.3 Å². The van der Waals surface area contributed by atoms with Crippen LogP contribution in [-0.4, -0.2) is 21.0 Å². The van der Waals surface area contributed by atoms with Crippen LogP contribution >= 0.6 is 27.3 Å². The molecule has 2 N–H and O–H groups in total. The molecule has 2 aromatic carbocycles. The second kappa shape index (κ2) is 7.93. The normalized spacial score (nSPS) is 11.0. The number of fused-ring (bicyclic) bond motifs is 1. The smallest absolute Gasteiger partial charge is 0.335 e. The molecule has 0 aliphatic heterocycles. The monoisotopic (exact) mass is 467 g/mol. The molecular weight excluding hydrogens is 450 g/mol. The highest BCUT2D eigenvalue weighted by Gasteiger charge is 2.19. The number of hydrogen-bond acceptors (Lipinski definition) is 5. The number of aromatic nitrogens is 2. The molecule has 0 spiro atoms. The van der Waals surface area contributed by atoms with Crippen LogP contribution in [0.4, 0.5) is 11.5 Å². The maximum atomic E-state index is 11.4. The maximum absolute atomic E-state index is 11.4. The fourth-order valence-corrected chi connectivity index (χ4v) is 4.63. The topological polar surface area (TPSA) is 75.1 Å². The lowest BCUT2D eigenvalue weighted by Crippen LogP contribution is -2.01. The third kappa shape index (κ3) is 3.75. The summed E-state index contributed by atoms with van der Waals surface area (Å²) < 4.78 is 1.02. The van der Waals surface area contributed by atoms with Crippen molar-refractivity contribution in [2.45, 2.75) is 20.3 Å². The zero-order valence-corrected chi connectivity index (χ0v) is 18.3. The Labute approximate surface area is 180 Å². The number of carboxylic acids is 1. The van der Waals surface area contributed by atoms with Gasteiger partial charge in [-0.05, 0) is 48.7 Å². The van der Waals surface area contributed by atoms with Crippen LogP contribution in [0.25, 0.3) is 21.3 Å². The molecule has 2 heterocycles. The van der Waals surface area contributed by atoms with Crippen LogP contribution in [-0.2, 0) is 6.42 Å². The van der Waals surface area contributed by atoms with Crippen LogP contribution < -0.4 is 5.32 Å². The fraction of sp³-hybridized carbons (Fsp3) is 0.136. The molecule has 0 atom stereocenters. The van der Waals surface area contributed by atoms with Gasteiger partial charge >= 0.3 is 5.97 Å². The molecule has 0 fully saturated rings. The second-order valence-electron chi connectivity index (χ2n) is 6.62. The van der Waals surface area contributed by atoms with Gasteiger partial charge in [0.15, 0.2) is 0 Å². The van der Waals surface area contributed by atoms with E-state index in [0.29, 0.717) is 5.82 Å². The van der Waals surface area contributed by atoms with Crippen LogP contribution in [0.1, 0.15) is 27.7 Å². The minimum Gasteiger partial charge on any atom is -0.478 e. The van der Waals surface area contributed by atoms with E-state index >= 15 is 0 Å². The Morgan fingerprint density at radius 1 is 1.17 bits per heavy atom. The molecule has 29 heavy (non-hydrogen) atoms. The summed E-state index contributed by atoms with van der Waals surface area (Å²) >= 11 is 5.16. The molecule has 5 nitrogen and oxygen atoms in total. The number of nitrogens with one attached hydrogen (secondary N) is 1. The van der Waals surface area contributed by atoms with E-state index in [1.165, 1.54) is 4.88 Å². The largest absolute Gasteiger partial charge is 0.478 e. The van der Waals surface area contributed by atoms with Gasteiger partial charge in [0.2, 0.25) is 0 Å². The van der Waals surface area contributed by atoms with E-state index < -0.39 is 5.97 Å². The second-order valence-corrected chi connectivity index (χ2v) is 8.62. The molecule has 0 saturated carbocycles. The van der Waals surface area contributed by atoms with Crippen LogP contribution in [0.2, 0.25) is 0 Å². The molecule has 146 valence electrons. The summed E-state index contributed by atoms with van der Waals surface area (Å²) in [5, 5.41) is 13.6. The molecule has 0 saturated heterocycles. The number of aromatic carboxylic acids is 1. The number of thiophene rings is 1. The van der Waals surface area contributed by atoms with E-state index in [1.54, 1.807) is 35.9 Å². The first kappa shape index (κ1) is 19.5. The van der Waals surface area contributed by atoms with Gasteiger partial charge in [-0.2, -0.15) is 0 Å². The van der Waals surface area contributed by atoms with Crippen molar-refractivity contribution in [1.29, 1.82) is 0 Å². The third-order valence-corrected chi connectivity index (χ3v) is 6.52. The van der Waals surface area contributed by atoms with E-state index in [2.05, 4.69) is 50.3 Å². The molecule has 0 unspecified atom stereocenters. The van der Waals surface area contributed by atoms with Crippen LogP contribution in [0.5, 0.6) is 0 Å². The lowest BCUT2D eigenvalue weighted by molar-refractivity contribution is 0.0697.